The number of allylic oxidation sites excluding steroid dienone is 4. The number of oxime groups is 1. The van der Waals surface area contributed by atoms with Crippen LogP contribution in [0.2, 0.25) is 0 Å². The molecule has 1 aliphatic rings. The van der Waals surface area contributed by atoms with Crippen LogP contribution in [0.25, 0.3) is 21.5 Å². The molecule has 0 amide bonds. The highest BCUT2D eigenvalue weighted by Crippen LogP contribution is 2.32. The number of sulfonamides is 1. The van der Waals surface area contributed by atoms with Crippen molar-refractivity contribution in [2.75, 3.05) is 10.0 Å². The molecule has 0 spiro atoms. The summed E-state index contributed by atoms with van der Waals surface area (Å²) in [5, 5.41) is 27.8. The Morgan fingerprint density at radius 3 is 1.97 bits per heavy atom. The van der Waals surface area contributed by atoms with Crippen molar-refractivity contribution in [1.29, 1.82) is 5.41 Å². The Morgan fingerprint density at radius 1 is 0.800 bits per heavy atom. The van der Waals surface area contributed by atoms with Crippen molar-refractivity contribution >= 4 is 66.0 Å². The number of nitrogens with zero attached hydrogens (tertiary/aromatic N) is 1. The van der Waals surface area contributed by atoms with Crippen LogP contribution in [0.1, 0.15) is 0 Å². The number of halogens is 1. The molecule has 4 aromatic carbocycles. The summed E-state index contributed by atoms with van der Waals surface area (Å²) in [6.07, 6.45) is 1.35. The SMILES string of the molecule is N=C1C(Nc2cccc3ccccc23)=CC(Cl)=C(S(=O)(=O)Nc2cccc3ccccc23)/C1=N/O. The predicted octanol–water partition coefficient (Wildman–Crippen LogP) is 6.04. The van der Waals surface area contributed by atoms with Gasteiger partial charge in [-0.25, -0.2) is 8.42 Å². The molecule has 0 aromatic heterocycles. The van der Waals surface area contributed by atoms with Gasteiger partial charge in [0.05, 0.1) is 16.4 Å². The molecule has 4 N–H and O–H groups in total. The van der Waals surface area contributed by atoms with Crippen molar-refractivity contribution in [3.63, 3.8) is 0 Å². The standard InChI is InChI=1S/C26H19ClN4O3S/c27-20-15-23(29-21-13-5-9-16-7-1-3-11-18(16)21)24(28)25(30-32)26(20)35(33,34)31-22-14-6-10-17-8-2-4-12-19(17)22/h1-15,28-29,31-32H/b28-24?,30-25+. The van der Waals surface area contributed by atoms with Gasteiger partial charge < -0.3 is 10.5 Å². The molecule has 0 aliphatic heterocycles. The summed E-state index contributed by atoms with van der Waals surface area (Å²) in [6.45, 7) is 0. The first-order valence-corrected chi connectivity index (χ1v) is 12.4. The zero-order chi connectivity index (χ0) is 24.6. The Labute approximate surface area is 206 Å². The molecule has 0 saturated carbocycles. The monoisotopic (exact) mass is 502 g/mol. The molecule has 0 radical (unpaired) electrons. The Balaban J connectivity index is 1.56. The zero-order valence-electron chi connectivity index (χ0n) is 18.2. The van der Waals surface area contributed by atoms with Crippen LogP contribution in [0.4, 0.5) is 11.4 Å². The lowest BCUT2D eigenvalue weighted by Gasteiger charge is -2.22. The van der Waals surface area contributed by atoms with Crippen LogP contribution in [0, 0.1) is 5.41 Å². The van der Waals surface area contributed by atoms with Gasteiger partial charge in [0.15, 0.2) is 5.71 Å². The third-order valence-corrected chi connectivity index (χ3v) is 7.52. The number of benzene rings is 4. The minimum absolute atomic E-state index is 0.190. The van der Waals surface area contributed by atoms with Crippen molar-refractivity contribution in [3.05, 3.63) is 107 Å². The molecule has 1 aliphatic carbocycles. The summed E-state index contributed by atoms with van der Waals surface area (Å²) in [4.78, 5) is -0.483. The molecule has 0 saturated heterocycles. The zero-order valence-corrected chi connectivity index (χ0v) is 19.7. The number of anilines is 2. The van der Waals surface area contributed by atoms with Crippen molar-refractivity contribution < 1.29 is 13.6 Å². The number of nitrogens with one attached hydrogen (secondary N) is 3. The number of hydrogen-bond acceptors (Lipinski definition) is 6. The Morgan fingerprint density at radius 2 is 1.34 bits per heavy atom. The molecule has 5 rings (SSSR count). The largest absolute Gasteiger partial charge is 0.410 e. The van der Waals surface area contributed by atoms with Gasteiger partial charge in [-0.05, 0) is 29.0 Å². The van der Waals surface area contributed by atoms with Gasteiger partial charge in [-0.15, -0.1) is 0 Å². The van der Waals surface area contributed by atoms with E-state index in [0.717, 1.165) is 16.2 Å². The van der Waals surface area contributed by atoms with Crippen LogP contribution in [0.3, 0.4) is 0 Å². The smallest absolute Gasteiger partial charge is 0.265 e. The quantitative estimate of drug-likeness (QED) is 0.151. The second kappa shape index (κ2) is 8.90. The minimum Gasteiger partial charge on any atom is -0.410 e. The molecule has 0 unspecified atom stereocenters. The topological polar surface area (TPSA) is 115 Å². The summed E-state index contributed by atoms with van der Waals surface area (Å²) in [6, 6.07) is 25.9. The maximum Gasteiger partial charge on any atom is 0.265 e. The summed E-state index contributed by atoms with van der Waals surface area (Å²) in [5.41, 5.74) is 0.452. The van der Waals surface area contributed by atoms with Gasteiger partial charge in [0, 0.05) is 16.5 Å². The van der Waals surface area contributed by atoms with Crippen molar-refractivity contribution in [2.24, 2.45) is 5.16 Å². The Kier molecular flexibility index (Phi) is 5.76. The number of hydrogen-bond donors (Lipinski definition) is 4. The van der Waals surface area contributed by atoms with E-state index in [9.17, 15) is 13.6 Å². The molecule has 9 heteroatoms. The fourth-order valence-corrected chi connectivity index (χ4v) is 5.84. The van der Waals surface area contributed by atoms with Crippen LogP contribution in [0.15, 0.2) is 112 Å². The van der Waals surface area contributed by atoms with Crippen LogP contribution >= 0.6 is 11.6 Å². The third kappa shape index (κ3) is 4.14. The second-order valence-electron chi connectivity index (χ2n) is 7.84. The Bertz CT molecular complexity index is 1700. The van der Waals surface area contributed by atoms with E-state index in [-0.39, 0.29) is 16.4 Å². The van der Waals surface area contributed by atoms with E-state index in [2.05, 4.69) is 15.2 Å². The van der Waals surface area contributed by atoms with E-state index in [1.54, 1.807) is 24.3 Å². The normalized spacial score (nSPS) is 15.5. The summed E-state index contributed by atoms with van der Waals surface area (Å²) in [7, 11) is -4.31. The highest BCUT2D eigenvalue weighted by Gasteiger charge is 2.34. The first kappa shape index (κ1) is 22.6. The molecule has 0 atom stereocenters. The Hall–Kier alpha value is -4.14. The van der Waals surface area contributed by atoms with Gasteiger partial charge in [0.2, 0.25) is 0 Å². The van der Waals surface area contributed by atoms with Gasteiger partial charge >= 0.3 is 0 Å². The molecule has 4 aromatic rings. The first-order chi connectivity index (χ1) is 16.9. The maximum atomic E-state index is 13.4. The summed E-state index contributed by atoms with van der Waals surface area (Å²) < 4.78 is 29.3. The number of fused-ring (bicyclic) bond motifs is 2. The van der Waals surface area contributed by atoms with E-state index >= 15 is 0 Å². The molecule has 0 bridgehead atoms. The molecule has 35 heavy (non-hydrogen) atoms. The van der Waals surface area contributed by atoms with Crippen LogP contribution < -0.4 is 10.0 Å². The average Bonchev–Trinajstić information content (AvgIpc) is 2.86. The minimum atomic E-state index is -4.31. The maximum absolute atomic E-state index is 13.4. The van der Waals surface area contributed by atoms with Crippen molar-refractivity contribution in [3.8, 4) is 0 Å². The highest BCUT2D eigenvalue weighted by molar-refractivity contribution is 7.97. The highest BCUT2D eigenvalue weighted by atomic mass is 35.5. The first-order valence-electron chi connectivity index (χ1n) is 10.6. The van der Waals surface area contributed by atoms with Crippen molar-refractivity contribution in [1.82, 2.24) is 0 Å². The van der Waals surface area contributed by atoms with Gasteiger partial charge in [-0.2, -0.15) is 0 Å². The summed E-state index contributed by atoms with van der Waals surface area (Å²) >= 11 is 6.43. The third-order valence-electron chi connectivity index (χ3n) is 5.67. The molecule has 0 heterocycles. The lowest BCUT2D eigenvalue weighted by Crippen LogP contribution is -2.32. The predicted molar refractivity (Wildman–Crippen MR) is 142 cm³/mol. The summed E-state index contributed by atoms with van der Waals surface area (Å²) in [5.74, 6) is 0. The molecular weight excluding hydrogens is 484 g/mol. The molecule has 7 nitrogen and oxygen atoms in total. The van der Waals surface area contributed by atoms with E-state index in [4.69, 9.17) is 17.0 Å². The lowest BCUT2D eigenvalue weighted by atomic mass is 10.0. The van der Waals surface area contributed by atoms with Crippen LogP contribution in [-0.2, 0) is 10.0 Å². The lowest BCUT2D eigenvalue weighted by molar-refractivity contribution is 0.320. The van der Waals surface area contributed by atoms with E-state index in [0.29, 0.717) is 16.8 Å². The molecule has 0 fully saturated rings. The average molecular weight is 503 g/mol. The van der Waals surface area contributed by atoms with E-state index in [1.165, 1.54) is 6.08 Å². The van der Waals surface area contributed by atoms with Crippen LogP contribution in [-0.4, -0.2) is 25.0 Å². The van der Waals surface area contributed by atoms with Crippen LogP contribution in [0.5, 0.6) is 0 Å². The fraction of sp³-hybridized carbons (Fsp3) is 0. The molecule has 174 valence electrons. The second-order valence-corrected chi connectivity index (χ2v) is 9.87. The van der Waals surface area contributed by atoms with E-state index in [1.807, 2.05) is 60.7 Å². The number of rotatable bonds is 5. The fourth-order valence-electron chi connectivity index (χ4n) is 4.06. The van der Waals surface area contributed by atoms with E-state index < -0.39 is 20.6 Å². The van der Waals surface area contributed by atoms with Gasteiger partial charge in [-0.3, -0.25) is 10.1 Å². The molecular formula is C26H19ClN4O3S. The van der Waals surface area contributed by atoms with Gasteiger partial charge in [0.1, 0.15) is 10.6 Å². The van der Waals surface area contributed by atoms with Gasteiger partial charge in [-0.1, -0.05) is 89.6 Å². The van der Waals surface area contributed by atoms with Gasteiger partial charge in [0.25, 0.3) is 10.0 Å². The van der Waals surface area contributed by atoms with Crippen molar-refractivity contribution in [2.45, 2.75) is 0 Å².